The number of nitrogens with two attached hydrogens (primary N) is 1. The molecule has 0 radical (unpaired) electrons. The quantitative estimate of drug-likeness (QED) is 0.807. The highest BCUT2D eigenvalue weighted by Crippen LogP contribution is 2.19. The van der Waals surface area contributed by atoms with E-state index in [1.807, 2.05) is 32.0 Å². The van der Waals surface area contributed by atoms with Crippen LogP contribution in [0.2, 0.25) is 0 Å². The lowest BCUT2D eigenvalue weighted by atomic mass is 10.0. The molecule has 0 aliphatic heterocycles. The van der Waals surface area contributed by atoms with Crippen molar-refractivity contribution in [3.05, 3.63) is 59.2 Å². The molecule has 0 unspecified atom stereocenters. The zero-order valence-electron chi connectivity index (χ0n) is 12.3. The predicted molar refractivity (Wildman–Crippen MR) is 84.3 cm³/mol. The highest BCUT2D eigenvalue weighted by Gasteiger charge is 2.16. The fourth-order valence-electron chi connectivity index (χ4n) is 2.21. The second kappa shape index (κ2) is 6.41. The number of carbonyl (C=O) groups is 1. The normalized spacial score (nSPS) is 12.0. The number of hydrogen-bond acceptors (Lipinski definition) is 3. The highest BCUT2D eigenvalue weighted by atomic mass is 16.3. The number of hydrogen-bond donors (Lipinski definition) is 3. The molecule has 0 saturated carbocycles. The van der Waals surface area contributed by atoms with Crippen LogP contribution in [-0.2, 0) is 11.2 Å². The van der Waals surface area contributed by atoms with Gasteiger partial charge < -0.3 is 16.2 Å². The Morgan fingerprint density at radius 1 is 1.14 bits per heavy atom. The summed E-state index contributed by atoms with van der Waals surface area (Å²) >= 11 is 0. The summed E-state index contributed by atoms with van der Waals surface area (Å²) in [4.78, 5) is 12.2. The Bertz CT molecular complexity index is 615. The van der Waals surface area contributed by atoms with E-state index in [1.165, 1.54) is 0 Å². The van der Waals surface area contributed by atoms with Crippen LogP contribution in [0.4, 0.5) is 5.69 Å². The number of nitrogens with one attached hydrogen (secondary N) is 1. The number of phenolic OH excluding ortho intramolecular Hbond substituents is 1. The summed E-state index contributed by atoms with van der Waals surface area (Å²) < 4.78 is 0. The molecule has 21 heavy (non-hydrogen) atoms. The Labute approximate surface area is 124 Å². The maximum atomic E-state index is 12.2. The zero-order chi connectivity index (χ0) is 15.4. The van der Waals surface area contributed by atoms with Crippen molar-refractivity contribution in [3.63, 3.8) is 0 Å². The van der Waals surface area contributed by atoms with Crippen molar-refractivity contribution >= 4 is 11.6 Å². The van der Waals surface area contributed by atoms with Crippen LogP contribution < -0.4 is 11.1 Å². The van der Waals surface area contributed by atoms with Crippen molar-refractivity contribution in [2.24, 2.45) is 5.73 Å². The van der Waals surface area contributed by atoms with Gasteiger partial charge in [-0.3, -0.25) is 4.79 Å². The molecule has 1 amide bonds. The Hall–Kier alpha value is -2.33. The number of aromatic hydroxyl groups is 1. The fraction of sp³-hybridized carbons (Fsp3) is 0.235. The lowest BCUT2D eigenvalue weighted by Gasteiger charge is -2.15. The van der Waals surface area contributed by atoms with E-state index in [9.17, 15) is 9.90 Å². The van der Waals surface area contributed by atoms with Crippen LogP contribution in [0.5, 0.6) is 5.75 Å². The summed E-state index contributed by atoms with van der Waals surface area (Å²) in [5.74, 6) is -0.00668. The van der Waals surface area contributed by atoms with Gasteiger partial charge in [-0.1, -0.05) is 30.3 Å². The Morgan fingerprint density at radius 3 is 2.29 bits per heavy atom. The van der Waals surface area contributed by atoms with E-state index in [1.54, 1.807) is 24.3 Å². The number of aryl methyl sites for hydroxylation is 2. The maximum Gasteiger partial charge on any atom is 0.241 e. The lowest BCUT2D eigenvalue weighted by molar-refractivity contribution is -0.117. The third kappa shape index (κ3) is 3.83. The summed E-state index contributed by atoms with van der Waals surface area (Å²) in [6, 6.07) is 11.9. The first-order valence-corrected chi connectivity index (χ1v) is 6.88. The molecule has 4 N–H and O–H groups in total. The van der Waals surface area contributed by atoms with E-state index in [-0.39, 0.29) is 11.7 Å². The average molecular weight is 284 g/mol. The van der Waals surface area contributed by atoms with Crippen molar-refractivity contribution in [2.75, 3.05) is 5.32 Å². The molecule has 0 bridgehead atoms. The van der Waals surface area contributed by atoms with Crippen LogP contribution in [0.15, 0.2) is 42.5 Å². The first-order valence-electron chi connectivity index (χ1n) is 6.88. The molecule has 2 rings (SSSR count). The first kappa shape index (κ1) is 15.1. The summed E-state index contributed by atoms with van der Waals surface area (Å²) in [5, 5.41) is 12.1. The minimum absolute atomic E-state index is 0.201. The smallest absolute Gasteiger partial charge is 0.241 e. The van der Waals surface area contributed by atoms with Gasteiger partial charge in [0.2, 0.25) is 5.91 Å². The number of benzene rings is 2. The van der Waals surface area contributed by atoms with Crippen molar-refractivity contribution in [3.8, 4) is 5.75 Å². The van der Waals surface area contributed by atoms with Gasteiger partial charge in [0, 0.05) is 5.69 Å². The summed E-state index contributed by atoms with van der Waals surface area (Å²) in [6.45, 7) is 3.90. The zero-order valence-corrected chi connectivity index (χ0v) is 12.3. The molecule has 0 aromatic heterocycles. The van der Waals surface area contributed by atoms with Gasteiger partial charge in [0.15, 0.2) is 0 Å². The van der Waals surface area contributed by atoms with Gasteiger partial charge in [-0.15, -0.1) is 0 Å². The molecular weight excluding hydrogens is 264 g/mol. The number of amides is 1. The molecule has 0 heterocycles. The van der Waals surface area contributed by atoms with Gasteiger partial charge in [-0.2, -0.15) is 0 Å². The van der Waals surface area contributed by atoms with Gasteiger partial charge in [0.05, 0.1) is 6.04 Å². The second-order valence-corrected chi connectivity index (χ2v) is 5.23. The van der Waals surface area contributed by atoms with Crippen LogP contribution in [0.1, 0.15) is 16.7 Å². The minimum Gasteiger partial charge on any atom is -0.508 e. The monoisotopic (exact) mass is 284 g/mol. The van der Waals surface area contributed by atoms with E-state index in [0.717, 1.165) is 22.4 Å². The second-order valence-electron chi connectivity index (χ2n) is 5.23. The third-order valence-corrected chi connectivity index (χ3v) is 3.46. The van der Waals surface area contributed by atoms with Crippen LogP contribution >= 0.6 is 0 Å². The molecule has 2 aromatic rings. The third-order valence-electron chi connectivity index (χ3n) is 3.46. The van der Waals surface area contributed by atoms with Crippen LogP contribution in [-0.4, -0.2) is 17.1 Å². The standard InChI is InChI=1S/C17H20N2O2/c1-11-4-3-5-12(2)16(11)19-17(21)15(18)10-13-6-8-14(20)9-7-13/h3-9,15,20H,10,18H2,1-2H3,(H,19,21)/t15-/m1/s1. The van der Waals surface area contributed by atoms with Crippen molar-refractivity contribution in [1.29, 1.82) is 0 Å². The molecule has 0 fully saturated rings. The summed E-state index contributed by atoms with van der Waals surface area (Å²) in [6.07, 6.45) is 0.428. The molecule has 110 valence electrons. The van der Waals surface area contributed by atoms with E-state index in [4.69, 9.17) is 5.73 Å². The maximum absolute atomic E-state index is 12.2. The van der Waals surface area contributed by atoms with Crippen molar-refractivity contribution in [1.82, 2.24) is 0 Å². The lowest BCUT2D eigenvalue weighted by Crippen LogP contribution is -2.37. The predicted octanol–water partition coefficient (Wildman–Crippen LogP) is 2.52. The van der Waals surface area contributed by atoms with E-state index < -0.39 is 6.04 Å². The van der Waals surface area contributed by atoms with Gasteiger partial charge in [-0.05, 0) is 49.1 Å². The highest BCUT2D eigenvalue weighted by molar-refractivity contribution is 5.96. The molecule has 0 aliphatic rings. The topological polar surface area (TPSA) is 75.4 Å². The molecule has 4 nitrogen and oxygen atoms in total. The van der Waals surface area contributed by atoms with Gasteiger partial charge in [0.25, 0.3) is 0 Å². The molecule has 1 atom stereocenters. The van der Waals surface area contributed by atoms with Crippen LogP contribution in [0, 0.1) is 13.8 Å². The SMILES string of the molecule is Cc1cccc(C)c1NC(=O)[C@H](N)Cc1ccc(O)cc1. The van der Waals surface area contributed by atoms with E-state index in [2.05, 4.69) is 5.32 Å². The number of phenols is 1. The number of carbonyl (C=O) groups excluding carboxylic acids is 1. The van der Waals surface area contributed by atoms with Crippen molar-refractivity contribution in [2.45, 2.75) is 26.3 Å². The molecule has 2 aromatic carbocycles. The van der Waals surface area contributed by atoms with Crippen molar-refractivity contribution < 1.29 is 9.90 Å². The van der Waals surface area contributed by atoms with Gasteiger partial charge in [0.1, 0.15) is 5.75 Å². The van der Waals surface area contributed by atoms with Gasteiger partial charge >= 0.3 is 0 Å². The number of rotatable bonds is 4. The Balaban J connectivity index is 2.04. The van der Waals surface area contributed by atoms with Crippen LogP contribution in [0.3, 0.4) is 0 Å². The Kier molecular flexibility index (Phi) is 4.60. The number of para-hydroxylation sites is 1. The first-order chi connectivity index (χ1) is 9.97. The largest absolute Gasteiger partial charge is 0.508 e. The molecule has 0 spiro atoms. The molecule has 4 heteroatoms. The van der Waals surface area contributed by atoms with E-state index in [0.29, 0.717) is 6.42 Å². The van der Waals surface area contributed by atoms with Gasteiger partial charge in [-0.25, -0.2) is 0 Å². The van der Waals surface area contributed by atoms with E-state index >= 15 is 0 Å². The minimum atomic E-state index is -0.631. The average Bonchev–Trinajstić information content (AvgIpc) is 2.45. The Morgan fingerprint density at radius 2 is 1.71 bits per heavy atom. The molecular formula is C17H20N2O2. The molecule has 0 saturated heterocycles. The molecule has 0 aliphatic carbocycles. The summed E-state index contributed by atoms with van der Waals surface area (Å²) in [5.41, 5.74) is 9.73. The summed E-state index contributed by atoms with van der Waals surface area (Å²) in [7, 11) is 0. The fourth-order valence-corrected chi connectivity index (χ4v) is 2.21. The number of anilines is 1. The van der Waals surface area contributed by atoms with Crippen LogP contribution in [0.25, 0.3) is 0 Å².